The predicted molar refractivity (Wildman–Crippen MR) is 89.7 cm³/mol. The number of nitrogens with zero attached hydrogens (tertiary/aromatic N) is 1. The lowest BCUT2D eigenvalue weighted by Crippen LogP contribution is -2.28. The number of nitrogens with one attached hydrogen (secondary N) is 1. The lowest BCUT2D eigenvalue weighted by Gasteiger charge is -2.21. The molecule has 4 heteroatoms. The van der Waals surface area contributed by atoms with E-state index in [1.54, 1.807) is 0 Å². The first kappa shape index (κ1) is 18.2. The fraction of sp³-hybridized carbons (Fsp3) is 0.929. The molecule has 0 aromatic heterocycles. The number of hydrogen-bond acceptors (Lipinski definition) is 2. The number of thiocarbonyl (C=S) groups is 1. The van der Waals surface area contributed by atoms with Crippen molar-refractivity contribution in [2.45, 2.75) is 58.8 Å². The number of rotatable bonds is 6. The van der Waals surface area contributed by atoms with Gasteiger partial charge in [0.25, 0.3) is 0 Å². The fourth-order valence-corrected chi connectivity index (χ4v) is 2.19. The molecule has 0 radical (unpaired) electrons. The minimum absolute atomic E-state index is 0.747. The average molecular weight is 291 g/mol. The van der Waals surface area contributed by atoms with Crippen LogP contribution in [0.1, 0.15) is 58.8 Å². The summed E-state index contributed by atoms with van der Waals surface area (Å²) in [7, 11) is 0. The highest BCUT2D eigenvalue weighted by Crippen LogP contribution is 2.03. The van der Waals surface area contributed by atoms with E-state index in [1.165, 1.54) is 58.0 Å². The average Bonchev–Trinajstić information content (AvgIpc) is 2.41. The van der Waals surface area contributed by atoms with Gasteiger partial charge in [0.15, 0.2) is 0 Å². The van der Waals surface area contributed by atoms with Gasteiger partial charge >= 0.3 is 0 Å². The molecule has 0 aromatic carbocycles. The maximum absolute atomic E-state index is 5.03. The second kappa shape index (κ2) is 13.6. The Labute approximate surface area is 124 Å². The van der Waals surface area contributed by atoms with Crippen molar-refractivity contribution in [2.24, 2.45) is 0 Å². The molecule has 0 amide bonds. The van der Waals surface area contributed by atoms with Crippen molar-refractivity contribution >= 4 is 29.2 Å². The van der Waals surface area contributed by atoms with Gasteiger partial charge in [0.05, 0.1) is 0 Å². The highest BCUT2D eigenvalue weighted by Gasteiger charge is 2.03. The van der Waals surface area contributed by atoms with Crippen molar-refractivity contribution in [1.29, 1.82) is 0 Å². The summed E-state index contributed by atoms with van der Waals surface area (Å²) < 4.78 is 0.747. The Kier molecular flexibility index (Phi) is 13.8. The van der Waals surface area contributed by atoms with Crippen LogP contribution >= 0.6 is 24.8 Å². The van der Waals surface area contributed by atoms with Crippen LogP contribution in [0.15, 0.2) is 0 Å². The molecule has 0 spiro atoms. The number of piperidine rings is 1. The Balaban J connectivity index is 0.000000397. The van der Waals surface area contributed by atoms with Gasteiger partial charge in [-0.3, -0.25) is 0 Å². The van der Waals surface area contributed by atoms with E-state index >= 15 is 0 Å². The molecule has 1 heterocycles. The number of hydrogen-bond donors (Lipinski definition) is 2. The molecule has 0 aliphatic carbocycles. The van der Waals surface area contributed by atoms with Gasteiger partial charge in [0.2, 0.25) is 0 Å². The molecule has 1 saturated heterocycles. The Bertz CT molecular complexity index is 175. The summed E-state index contributed by atoms with van der Waals surface area (Å²) in [5.74, 6) is 0. The van der Waals surface area contributed by atoms with E-state index < -0.39 is 0 Å². The molecule has 0 unspecified atom stereocenters. The van der Waals surface area contributed by atoms with Crippen LogP contribution < -0.4 is 5.32 Å². The molecule has 1 aliphatic heterocycles. The van der Waals surface area contributed by atoms with Gasteiger partial charge in [-0.25, -0.2) is 0 Å². The van der Waals surface area contributed by atoms with Crippen molar-refractivity contribution in [2.75, 3.05) is 26.2 Å². The quantitative estimate of drug-likeness (QED) is 0.571. The van der Waals surface area contributed by atoms with Gasteiger partial charge in [-0.2, -0.15) is 0 Å². The fourth-order valence-electron chi connectivity index (χ4n) is 1.80. The predicted octanol–water partition coefficient (Wildman–Crippen LogP) is 3.86. The first-order valence-electron chi connectivity index (χ1n) is 7.41. The van der Waals surface area contributed by atoms with E-state index in [1.807, 2.05) is 0 Å². The van der Waals surface area contributed by atoms with Crippen LogP contribution in [0.25, 0.3) is 0 Å². The zero-order chi connectivity index (χ0) is 13.6. The normalized spacial score (nSPS) is 14.6. The number of unbranched alkanes of at least 4 members (excludes halogenated alkanes) is 2. The molecule has 1 N–H and O–H groups in total. The second-order valence-electron chi connectivity index (χ2n) is 4.79. The third kappa shape index (κ3) is 11.3. The van der Waals surface area contributed by atoms with Gasteiger partial charge in [0.1, 0.15) is 4.32 Å². The maximum Gasteiger partial charge on any atom is 0.133 e. The zero-order valence-electron chi connectivity index (χ0n) is 12.1. The van der Waals surface area contributed by atoms with Crippen molar-refractivity contribution in [3.63, 3.8) is 0 Å². The highest BCUT2D eigenvalue weighted by molar-refractivity contribution is 8.10. The third-order valence-electron chi connectivity index (χ3n) is 3.04. The molecule has 1 aliphatic rings. The van der Waals surface area contributed by atoms with Crippen LogP contribution in [0.3, 0.4) is 0 Å². The Hall–Kier alpha value is 0.200. The van der Waals surface area contributed by atoms with Crippen molar-refractivity contribution < 1.29 is 0 Å². The van der Waals surface area contributed by atoms with Crippen molar-refractivity contribution in [3.05, 3.63) is 0 Å². The Morgan fingerprint density at radius 3 is 1.78 bits per heavy atom. The van der Waals surface area contributed by atoms with Crippen LogP contribution in [-0.4, -0.2) is 35.4 Å². The van der Waals surface area contributed by atoms with Crippen LogP contribution in [0.2, 0.25) is 0 Å². The van der Waals surface area contributed by atoms with E-state index in [0.717, 1.165) is 17.4 Å². The summed E-state index contributed by atoms with van der Waals surface area (Å²) in [4.78, 5) is 2.19. The summed E-state index contributed by atoms with van der Waals surface area (Å²) in [5, 5.41) is 3.28. The van der Waals surface area contributed by atoms with Crippen molar-refractivity contribution in [1.82, 2.24) is 10.2 Å². The van der Waals surface area contributed by atoms with Crippen LogP contribution in [0.4, 0.5) is 0 Å². The monoisotopic (exact) mass is 290 g/mol. The molecule has 18 heavy (non-hydrogen) atoms. The molecular weight excluding hydrogens is 260 g/mol. The van der Waals surface area contributed by atoms with Gasteiger partial charge in [-0.15, -0.1) is 12.6 Å². The minimum atomic E-state index is 0.747. The van der Waals surface area contributed by atoms with Gasteiger partial charge in [-0.1, -0.05) is 45.3 Å². The molecular formula is C14H30N2S2. The van der Waals surface area contributed by atoms with Crippen molar-refractivity contribution in [3.8, 4) is 0 Å². The SMILES string of the molecule is C1CCNCC1.CCCCN(CCCC)C(=S)S. The minimum Gasteiger partial charge on any atom is -0.358 e. The molecule has 0 bridgehead atoms. The molecule has 0 atom stereocenters. The molecule has 0 aromatic rings. The van der Waals surface area contributed by atoms with E-state index in [-0.39, 0.29) is 0 Å². The lowest BCUT2D eigenvalue weighted by molar-refractivity contribution is 0.411. The van der Waals surface area contributed by atoms with Gasteiger partial charge < -0.3 is 10.2 Å². The molecule has 2 nitrogen and oxygen atoms in total. The summed E-state index contributed by atoms with van der Waals surface area (Å²) >= 11 is 9.23. The molecule has 1 rings (SSSR count). The first-order chi connectivity index (χ1) is 8.72. The Morgan fingerprint density at radius 2 is 1.56 bits per heavy atom. The van der Waals surface area contributed by atoms with Gasteiger partial charge in [-0.05, 0) is 38.8 Å². The Morgan fingerprint density at radius 1 is 1.06 bits per heavy atom. The van der Waals surface area contributed by atoms with E-state index in [2.05, 4.69) is 36.7 Å². The zero-order valence-corrected chi connectivity index (χ0v) is 13.8. The second-order valence-corrected chi connectivity index (χ2v) is 5.90. The largest absolute Gasteiger partial charge is 0.358 e. The summed E-state index contributed by atoms with van der Waals surface area (Å²) in [6.07, 6.45) is 9.08. The van der Waals surface area contributed by atoms with Crippen LogP contribution in [-0.2, 0) is 0 Å². The number of thiol groups is 1. The van der Waals surface area contributed by atoms with E-state index in [0.29, 0.717) is 0 Å². The smallest absolute Gasteiger partial charge is 0.133 e. The molecule has 0 saturated carbocycles. The summed E-state index contributed by atoms with van der Waals surface area (Å²) in [6.45, 7) is 9.02. The third-order valence-corrected chi connectivity index (χ3v) is 3.58. The first-order valence-corrected chi connectivity index (χ1v) is 8.26. The van der Waals surface area contributed by atoms with Crippen LogP contribution in [0.5, 0.6) is 0 Å². The van der Waals surface area contributed by atoms with E-state index in [4.69, 9.17) is 12.2 Å². The van der Waals surface area contributed by atoms with Crippen LogP contribution in [0, 0.1) is 0 Å². The van der Waals surface area contributed by atoms with E-state index in [9.17, 15) is 0 Å². The van der Waals surface area contributed by atoms with Gasteiger partial charge in [0, 0.05) is 13.1 Å². The highest BCUT2D eigenvalue weighted by atomic mass is 32.1. The summed E-state index contributed by atoms with van der Waals surface area (Å²) in [6, 6.07) is 0. The lowest BCUT2D eigenvalue weighted by atomic mass is 10.2. The summed E-state index contributed by atoms with van der Waals surface area (Å²) in [5.41, 5.74) is 0. The standard InChI is InChI=1S/C9H19NS2.C5H11N/c1-3-5-7-10(9(11)12)8-6-4-2;1-2-4-6-5-3-1/h3-8H2,1-2H3,(H,11,12);6H,1-5H2. The molecule has 1 fully saturated rings. The maximum atomic E-state index is 5.03. The molecule has 108 valence electrons. The topological polar surface area (TPSA) is 15.3 Å².